The number of urea groups is 1. The van der Waals surface area contributed by atoms with Gasteiger partial charge in [-0.15, -0.1) is 0 Å². The average molecular weight is 603 g/mol. The van der Waals surface area contributed by atoms with Crippen molar-refractivity contribution in [1.29, 1.82) is 0 Å². The number of aryl methyl sites for hydroxylation is 1. The van der Waals surface area contributed by atoms with Crippen LogP contribution in [0.5, 0.6) is 0 Å². The number of anilines is 1. The summed E-state index contributed by atoms with van der Waals surface area (Å²) in [7, 11) is 0. The fraction of sp³-hybridized carbons (Fsp3) is 0.243. The first-order valence-electron chi connectivity index (χ1n) is 15.4. The lowest BCUT2D eigenvalue weighted by Crippen LogP contribution is -2.42. The van der Waals surface area contributed by atoms with E-state index in [0.717, 1.165) is 17.5 Å². The number of para-hydroxylation sites is 1. The molecule has 0 spiro atoms. The summed E-state index contributed by atoms with van der Waals surface area (Å²) in [6.07, 6.45) is 2.00. The summed E-state index contributed by atoms with van der Waals surface area (Å²) in [5.74, 6) is 0.0737. The highest BCUT2D eigenvalue weighted by atomic mass is 16.5. The summed E-state index contributed by atoms with van der Waals surface area (Å²) in [6, 6.07) is 30.9. The first-order chi connectivity index (χ1) is 21.9. The standard InChI is InChI=1S/C37H38N4O4/c1-4-26-16-22-30(23-17-26)41-34(39-32-15-11-10-14-31(32)35(41)42)33(5-2)40(25-24-27-12-8-7-9-13-27)37(44)38-29-20-18-28(19-21-29)36(43)45-6-3/h7-23,33H,4-6,24-25H2,1-3H3,(H,38,44). The molecule has 8 nitrogen and oxygen atoms in total. The third-order valence-electron chi connectivity index (χ3n) is 7.86. The number of nitrogens with zero attached hydrogens (tertiary/aromatic N) is 3. The third-order valence-corrected chi connectivity index (χ3v) is 7.86. The SMILES string of the molecule is CCOC(=O)c1ccc(NC(=O)N(CCc2ccccc2)C(CC)c2nc3ccccc3c(=O)n2-c2ccc(CC)cc2)cc1. The molecule has 1 atom stereocenters. The van der Waals surface area contributed by atoms with E-state index in [1.54, 1.807) is 46.7 Å². The molecule has 0 aliphatic heterocycles. The minimum Gasteiger partial charge on any atom is -0.462 e. The maximum atomic E-state index is 14.1. The van der Waals surface area contributed by atoms with Crippen molar-refractivity contribution >= 4 is 28.6 Å². The second kappa shape index (κ2) is 14.5. The van der Waals surface area contributed by atoms with Gasteiger partial charge in [0.05, 0.1) is 34.8 Å². The largest absolute Gasteiger partial charge is 0.462 e. The van der Waals surface area contributed by atoms with Crippen molar-refractivity contribution in [3.05, 3.63) is 136 Å². The van der Waals surface area contributed by atoms with Crippen LogP contribution in [0.1, 0.15) is 60.5 Å². The van der Waals surface area contributed by atoms with Crippen molar-refractivity contribution in [2.24, 2.45) is 0 Å². The number of ether oxygens (including phenoxy) is 1. The van der Waals surface area contributed by atoms with Crippen molar-refractivity contribution in [2.75, 3.05) is 18.5 Å². The number of hydrogen-bond donors (Lipinski definition) is 1. The minimum absolute atomic E-state index is 0.184. The molecular formula is C37H38N4O4. The Morgan fingerprint density at radius 1 is 0.844 bits per heavy atom. The van der Waals surface area contributed by atoms with Crippen LogP contribution in [-0.4, -0.2) is 39.6 Å². The van der Waals surface area contributed by atoms with Gasteiger partial charge in [-0.25, -0.2) is 14.6 Å². The lowest BCUT2D eigenvalue weighted by atomic mass is 10.1. The molecule has 230 valence electrons. The average Bonchev–Trinajstić information content (AvgIpc) is 3.07. The fourth-order valence-corrected chi connectivity index (χ4v) is 5.44. The van der Waals surface area contributed by atoms with E-state index < -0.39 is 12.0 Å². The van der Waals surface area contributed by atoms with Gasteiger partial charge >= 0.3 is 12.0 Å². The monoisotopic (exact) mass is 602 g/mol. The van der Waals surface area contributed by atoms with E-state index >= 15 is 0 Å². The Kier molecular flexibility index (Phi) is 10.0. The summed E-state index contributed by atoms with van der Waals surface area (Å²) in [5.41, 5.74) is 4.27. The summed E-state index contributed by atoms with van der Waals surface area (Å²) in [5, 5.41) is 3.52. The Labute approximate surface area is 263 Å². The molecular weight excluding hydrogens is 564 g/mol. The molecule has 1 unspecified atom stereocenters. The van der Waals surface area contributed by atoms with Crippen LogP contribution in [0.3, 0.4) is 0 Å². The van der Waals surface area contributed by atoms with Gasteiger partial charge in [-0.1, -0.05) is 68.4 Å². The number of fused-ring (bicyclic) bond motifs is 1. The van der Waals surface area contributed by atoms with Gasteiger partial charge in [-0.3, -0.25) is 9.36 Å². The van der Waals surface area contributed by atoms with E-state index in [0.29, 0.717) is 53.1 Å². The number of hydrogen-bond acceptors (Lipinski definition) is 5. The van der Waals surface area contributed by atoms with Gasteiger partial charge in [-0.2, -0.15) is 0 Å². The molecule has 0 radical (unpaired) electrons. The van der Waals surface area contributed by atoms with Crippen molar-refractivity contribution in [1.82, 2.24) is 14.5 Å². The lowest BCUT2D eigenvalue weighted by Gasteiger charge is -2.32. The highest BCUT2D eigenvalue weighted by Gasteiger charge is 2.29. The van der Waals surface area contributed by atoms with Crippen LogP contribution >= 0.6 is 0 Å². The number of aromatic nitrogens is 2. The summed E-state index contributed by atoms with van der Waals surface area (Å²) in [6.45, 7) is 6.50. The number of rotatable bonds is 11. The van der Waals surface area contributed by atoms with Crippen molar-refractivity contribution in [3.63, 3.8) is 0 Å². The van der Waals surface area contributed by atoms with Crippen LogP contribution in [0, 0.1) is 0 Å². The molecule has 0 saturated heterocycles. The molecule has 1 heterocycles. The Balaban J connectivity index is 1.57. The molecule has 5 rings (SSSR count). The van der Waals surface area contributed by atoms with Gasteiger partial charge in [0, 0.05) is 12.2 Å². The van der Waals surface area contributed by atoms with E-state index in [9.17, 15) is 14.4 Å². The molecule has 4 aromatic carbocycles. The minimum atomic E-state index is -0.532. The van der Waals surface area contributed by atoms with Crippen LogP contribution in [0.4, 0.5) is 10.5 Å². The predicted octanol–water partition coefficient (Wildman–Crippen LogP) is 7.35. The summed E-state index contributed by atoms with van der Waals surface area (Å²) < 4.78 is 6.73. The number of carbonyl (C=O) groups is 2. The quantitative estimate of drug-likeness (QED) is 0.160. The number of amides is 2. The maximum absolute atomic E-state index is 14.1. The van der Waals surface area contributed by atoms with Crippen LogP contribution in [-0.2, 0) is 17.6 Å². The van der Waals surface area contributed by atoms with Gasteiger partial charge in [0.15, 0.2) is 0 Å². The van der Waals surface area contributed by atoms with Gasteiger partial charge in [-0.05, 0) is 85.8 Å². The zero-order valence-corrected chi connectivity index (χ0v) is 25.9. The van der Waals surface area contributed by atoms with Gasteiger partial charge in [0.2, 0.25) is 0 Å². The fourth-order valence-electron chi connectivity index (χ4n) is 5.44. The Bertz CT molecular complexity index is 1820. The van der Waals surface area contributed by atoms with E-state index in [1.165, 1.54) is 0 Å². The molecule has 5 aromatic rings. The second-order valence-corrected chi connectivity index (χ2v) is 10.7. The van der Waals surface area contributed by atoms with Gasteiger partial charge < -0.3 is 15.0 Å². The third kappa shape index (κ3) is 7.12. The maximum Gasteiger partial charge on any atom is 0.338 e. The zero-order valence-electron chi connectivity index (χ0n) is 25.9. The molecule has 2 amide bonds. The Morgan fingerprint density at radius 2 is 1.53 bits per heavy atom. The first kappa shape index (κ1) is 31.2. The Hall–Kier alpha value is -5.24. The van der Waals surface area contributed by atoms with Crippen molar-refractivity contribution < 1.29 is 14.3 Å². The number of benzene rings is 4. The number of esters is 1. The van der Waals surface area contributed by atoms with Crippen molar-refractivity contribution in [2.45, 2.75) is 46.1 Å². The topological polar surface area (TPSA) is 93.5 Å². The highest BCUT2D eigenvalue weighted by Crippen LogP contribution is 2.28. The van der Waals surface area contributed by atoms with Crippen LogP contribution < -0.4 is 10.9 Å². The summed E-state index contributed by atoms with van der Waals surface area (Å²) >= 11 is 0. The smallest absolute Gasteiger partial charge is 0.338 e. The van der Waals surface area contributed by atoms with E-state index in [1.807, 2.05) is 79.7 Å². The van der Waals surface area contributed by atoms with Gasteiger partial charge in [0.25, 0.3) is 5.56 Å². The molecule has 0 aliphatic rings. The van der Waals surface area contributed by atoms with Crippen LogP contribution in [0.15, 0.2) is 108 Å². The molecule has 1 aromatic heterocycles. The molecule has 0 aliphatic carbocycles. The molecule has 0 fully saturated rings. The number of carbonyl (C=O) groups excluding carboxylic acids is 2. The molecule has 0 bridgehead atoms. The summed E-state index contributed by atoms with van der Waals surface area (Å²) in [4.78, 5) is 47.1. The van der Waals surface area contributed by atoms with Crippen LogP contribution in [0.25, 0.3) is 16.6 Å². The lowest BCUT2D eigenvalue weighted by molar-refractivity contribution is 0.0526. The van der Waals surface area contributed by atoms with E-state index in [-0.39, 0.29) is 18.2 Å². The number of nitrogens with one attached hydrogen (secondary N) is 1. The molecule has 1 N–H and O–H groups in total. The normalized spacial score (nSPS) is 11.6. The first-order valence-corrected chi connectivity index (χ1v) is 15.4. The van der Waals surface area contributed by atoms with Gasteiger partial charge in [0.1, 0.15) is 5.82 Å². The highest BCUT2D eigenvalue weighted by molar-refractivity contribution is 5.92. The van der Waals surface area contributed by atoms with E-state index in [4.69, 9.17) is 9.72 Å². The molecule has 45 heavy (non-hydrogen) atoms. The zero-order chi connectivity index (χ0) is 31.8. The van der Waals surface area contributed by atoms with Crippen LogP contribution in [0.2, 0.25) is 0 Å². The molecule has 0 saturated carbocycles. The Morgan fingerprint density at radius 3 is 2.20 bits per heavy atom. The predicted molar refractivity (Wildman–Crippen MR) is 178 cm³/mol. The molecule has 8 heteroatoms. The van der Waals surface area contributed by atoms with Crippen molar-refractivity contribution in [3.8, 4) is 5.69 Å². The second-order valence-electron chi connectivity index (χ2n) is 10.7. The van der Waals surface area contributed by atoms with E-state index in [2.05, 4.69) is 12.2 Å².